The molecule has 0 saturated carbocycles. The fourth-order valence-corrected chi connectivity index (χ4v) is 2.80. The van der Waals surface area contributed by atoms with Crippen molar-refractivity contribution in [3.8, 4) is 5.75 Å². The number of ketones is 1. The summed E-state index contributed by atoms with van der Waals surface area (Å²) in [6, 6.07) is 8.82. The van der Waals surface area contributed by atoms with Gasteiger partial charge in [-0.3, -0.25) is 9.59 Å². The average molecular weight is 310 g/mol. The molecule has 1 aliphatic rings. The number of Topliss-reactive ketones (excluding diaryl/α,β-unsaturated/α-hetero) is 1. The molecule has 1 aromatic carbocycles. The number of aryl methyl sites for hydroxylation is 2. The number of hydrogen-bond acceptors (Lipinski definition) is 4. The number of anilines is 1. The summed E-state index contributed by atoms with van der Waals surface area (Å²) in [7, 11) is 0. The van der Waals surface area contributed by atoms with Crippen molar-refractivity contribution in [3.05, 3.63) is 53.2 Å². The highest BCUT2D eigenvalue weighted by Gasteiger charge is 2.15. The summed E-state index contributed by atoms with van der Waals surface area (Å²) in [5.41, 5.74) is 3.24. The molecule has 0 fully saturated rings. The fourth-order valence-electron chi connectivity index (χ4n) is 2.80. The topological polar surface area (TPSA) is 79.3 Å². The minimum atomic E-state index is -0.339. The van der Waals surface area contributed by atoms with Gasteiger partial charge in [0.05, 0.1) is 0 Å². The number of fused-ring (bicyclic) bond motifs is 1. The van der Waals surface area contributed by atoms with E-state index in [1.807, 2.05) is 18.2 Å². The predicted molar refractivity (Wildman–Crippen MR) is 86.6 cm³/mol. The van der Waals surface area contributed by atoms with Gasteiger partial charge in [0.2, 0.25) is 5.91 Å². The van der Waals surface area contributed by atoms with E-state index in [4.69, 9.17) is 0 Å². The largest absolute Gasteiger partial charge is 0.504 e. The van der Waals surface area contributed by atoms with E-state index in [2.05, 4.69) is 10.3 Å². The molecule has 3 rings (SSSR count). The SMILES string of the molecule is O=C(CCC(=O)c1ccc2c(c1)CCC2)Nc1ncccc1O. The standard InChI is InChI=1S/C18H18N2O3/c21-15(14-7-6-12-3-1-4-13(12)11-14)8-9-17(23)20-18-16(22)5-2-10-19-18/h2,5-7,10-11,22H,1,3-4,8-9H2,(H,19,20,23). The summed E-state index contributed by atoms with van der Waals surface area (Å²) >= 11 is 0. The van der Waals surface area contributed by atoms with Gasteiger partial charge in [-0.1, -0.05) is 12.1 Å². The number of benzene rings is 1. The summed E-state index contributed by atoms with van der Waals surface area (Å²) in [6.45, 7) is 0. The molecule has 1 aromatic heterocycles. The van der Waals surface area contributed by atoms with Crippen LogP contribution in [0.25, 0.3) is 0 Å². The summed E-state index contributed by atoms with van der Waals surface area (Å²) in [5, 5.41) is 12.1. The molecule has 0 spiro atoms. The van der Waals surface area contributed by atoms with Gasteiger partial charge in [-0.2, -0.15) is 0 Å². The smallest absolute Gasteiger partial charge is 0.226 e. The van der Waals surface area contributed by atoms with Crippen molar-refractivity contribution < 1.29 is 14.7 Å². The number of pyridine rings is 1. The number of carbonyl (C=O) groups is 2. The number of amides is 1. The van der Waals surface area contributed by atoms with Crippen LogP contribution in [-0.2, 0) is 17.6 Å². The first kappa shape index (κ1) is 15.2. The Hall–Kier alpha value is -2.69. The van der Waals surface area contributed by atoms with Gasteiger partial charge < -0.3 is 10.4 Å². The van der Waals surface area contributed by atoms with Crippen molar-refractivity contribution in [2.75, 3.05) is 5.32 Å². The van der Waals surface area contributed by atoms with Crippen LogP contribution in [0, 0.1) is 0 Å². The Morgan fingerprint density at radius 1 is 1.13 bits per heavy atom. The van der Waals surface area contributed by atoms with E-state index in [9.17, 15) is 14.7 Å². The second-order valence-corrected chi connectivity index (χ2v) is 5.68. The molecule has 1 amide bonds. The summed E-state index contributed by atoms with van der Waals surface area (Å²) < 4.78 is 0. The molecule has 0 bridgehead atoms. The van der Waals surface area contributed by atoms with E-state index < -0.39 is 0 Å². The number of carbonyl (C=O) groups excluding carboxylic acids is 2. The molecule has 0 unspecified atom stereocenters. The predicted octanol–water partition coefficient (Wildman–Crippen LogP) is 2.88. The molecule has 0 atom stereocenters. The third-order valence-electron chi connectivity index (χ3n) is 4.04. The van der Waals surface area contributed by atoms with Gasteiger partial charge in [0, 0.05) is 24.6 Å². The highest BCUT2D eigenvalue weighted by Crippen LogP contribution is 2.23. The van der Waals surface area contributed by atoms with Crippen LogP contribution in [0.3, 0.4) is 0 Å². The number of nitrogens with zero attached hydrogens (tertiary/aromatic N) is 1. The first-order chi connectivity index (χ1) is 11.1. The molecule has 23 heavy (non-hydrogen) atoms. The zero-order valence-corrected chi connectivity index (χ0v) is 12.7. The molecular formula is C18H18N2O3. The van der Waals surface area contributed by atoms with Crippen LogP contribution in [0.4, 0.5) is 5.82 Å². The third kappa shape index (κ3) is 3.56. The Labute approximate surface area is 134 Å². The van der Waals surface area contributed by atoms with Gasteiger partial charge in [0.1, 0.15) is 0 Å². The third-order valence-corrected chi connectivity index (χ3v) is 4.04. The molecule has 1 heterocycles. The Bertz CT molecular complexity index is 756. The van der Waals surface area contributed by atoms with Crippen LogP contribution in [0.2, 0.25) is 0 Å². The highest BCUT2D eigenvalue weighted by atomic mass is 16.3. The molecule has 2 aromatic rings. The van der Waals surface area contributed by atoms with E-state index in [-0.39, 0.29) is 36.1 Å². The molecule has 2 N–H and O–H groups in total. The van der Waals surface area contributed by atoms with Crippen molar-refractivity contribution in [1.29, 1.82) is 0 Å². The lowest BCUT2D eigenvalue weighted by molar-refractivity contribution is -0.116. The number of nitrogens with one attached hydrogen (secondary N) is 1. The monoisotopic (exact) mass is 310 g/mol. The van der Waals surface area contributed by atoms with E-state index in [0.29, 0.717) is 5.56 Å². The quantitative estimate of drug-likeness (QED) is 0.832. The molecule has 0 saturated heterocycles. The van der Waals surface area contributed by atoms with Gasteiger partial charge in [0.25, 0.3) is 0 Å². The summed E-state index contributed by atoms with van der Waals surface area (Å²) in [6.07, 6.45) is 4.92. The zero-order valence-electron chi connectivity index (χ0n) is 12.7. The minimum absolute atomic E-state index is 0.0416. The maximum atomic E-state index is 12.2. The van der Waals surface area contributed by atoms with Crippen molar-refractivity contribution in [1.82, 2.24) is 4.98 Å². The van der Waals surface area contributed by atoms with Crippen LogP contribution in [0.5, 0.6) is 5.75 Å². The van der Waals surface area contributed by atoms with Crippen LogP contribution < -0.4 is 5.32 Å². The Kier molecular flexibility index (Phi) is 4.37. The lowest BCUT2D eigenvalue weighted by atomic mass is 10.0. The molecule has 5 nitrogen and oxygen atoms in total. The second kappa shape index (κ2) is 6.60. The maximum absolute atomic E-state index is 12.2. The molecular weight excluding hydrogens is 292 g/mol. The van der Waals surface area contributed by atoms with Gasteiger partial charge in [-0.25, -0.2) is 4.98 Å². The Morgan fingerprint density at radius 2 is 1.96 bits per heavy atom. The first-order valence-corrected chi connectivity index (χ1v) is 7.72. The van der Waals surface area contributed by atoms with Crippen LogP contribution in [-0.4, -0.2) is 21.8 Å². The lowest BCUT2D eigenvalue weighted by Gasteiger charge is -2.06. The first-order valence-electron chi connectivity index (χ1n) is 7.72. The van der Waals surface area contributed by atoms with Gasteiger partial charge in [0.15, 0.2) is 17.4 Å². The molecule has 0 radical (unpaired) electrons. The van der Waals surface area contributed by atoms with Crippen molar-refractivity contribution >= 4 is 17.5 Å². The summed E-state index contributed by atoms with van der Waals surface area (Å²) in [4.78, 5) is 28.0. The van der Waals surface area contributed by atoms with Crippen molar-refractivity contribution in [3.63, 3.8) is 0 Å². The molecule has 5 heteroatoms. The Morgan fingerprint density at radius 3 is 2.78 bits per heavy atom. The minimum Gasteiger partial charge on any atom is -0.504 e. The maximum Gasteiger partial charge on any atom is 0.226 e. The van der Waals surface area contributed by atoms with E-state index >= 15 is 0 Å². The number of aromatic nitrogens is 1. The zero-order chi connectivity index (χ0) is 16.2. The van der Waals surface area contributed by atoms with Crippen LogP contribution in [0.1, 0.15) is 40.7 Å². The number of rotatable bonds is 5. The summed E-state index contributed by atoms with van der Waals surface area (Å²) in [5.74, 6) is -0.359. The fraction of sp³-hybridized carbons (Fsp3) is 0.278. The normalized spacial score (nSPS) is 12.7. The van der Waals surface area contributed by atoms with Gasteiger partial charge >= 0.3 is 0 Å². The number of hydrogen-bond donors (Lipinski definition) is 2. The molecule has 1 aliphatic carbocycles. The molecule has 0 aliphatic heterocycles. The van der Waals surface area contributed by atoms with E-state index in [1.54, 1.807) is 6.07 Å². The highest BCUT2D eigenvalue weighted by molar-refractivity contribution is 6.00. The lowest BCUT2D eigenvalue weighted by Crippen LogP contribution is -2.14. The van der Waals surface area contributed by atoms with E-state index in [1.165, 1.54) is 23.4 Å². The van der Waals surface area contributed by atoms with E-state index in [0.717, 1.165) is 19.3 Å². The van der Waals surface area contributed by atoms with Crippen LogP contribution >= 0.6 is 0 Å². The van der Waals surface area contributed by atoms with Crippen LogP contribution in [0.15, 0.2) is 36.5 Å². The number of aromatic hydroxyl groups is 1. The van der Waals surface area contributed by atoms with Crippen molar-refractivity contribution in [2.24, 2.45) is 0 Å². The van der Waals surface area contributed by atoms with Gasteiger partial charge in [-0.05, 0) is 48.6 Å². The van der Waals surface area contributed by atoms with Crippen molar-refractivity contribution in [2.45, 2.75) is 32.1 Å². The second-order valence-electron chi connectivity index (χ2n) is 5.68. The Balaban J connectivity index is 1.56. The molecule has 118 valence electrons. The average Bonchev–Trinajstić information content (AvgIpc) is 3.02. The van der Waals surface area contributed by atoms with Gasteiger partial charge in [-0.15, -0.1) is 0 Å².